The molecular weight excluding hydrogens is 181 g/mol. The number of hydrogen-bond acceptors (Lipinski definition) is 1. The van der Waals surface area contributed by atoms with E-state index in [1.54, 1.807) is 6.20 Å². The Bertz CT molecular complexity index is 248. The second kappa shape index (κ2) is 3.93. The molecule has 1 rings (SSSR count). The zero-order valence-corrected chi connectivity index (χ0v) is 7.78. The predicted octanol–water partition coefficient (Wildman–Crippen LogP) is 3.04. The lowest BCUT2D eigenvalue weighted by Gasteiger charge is -2.00. The van der Waals surface area contributed by atoms with Crippen molar-refractivity contribution in [2.75, 3.05) is 0 Å². The molecule has 1 aromatic rings. The van der Waals surface area contributed by atoms with Crippen LogP contribution in [0.4, 0.5) is 0 Å². The maximum absolute atomic E-state index is 5.76. The van der Waals surface area contributed by atoms with Crippen LogP contribution in [0.25, 0.3) is 0 Å². The van der Waals surface area contributed by atoms with Crippen LogP contribution >= 0.6 is 23.2 Å². The summed E-state index contributed by atoms with van der Waals surface area (Å²) in [7, 11) is 0. The number of pyridine rings is 1. The fraction of sp³-hybridized carbons (Fsp3) is 0.375. The van der Waals surface area contributed by atoms with Gasteiger partial charge in [-0.05, 0) is 12.0 Å². The number of rotatable bonds is 2. The second-order valence-electron chi connectivity index (χ2n) is 2.28. The summed E-state index contributed by atoms with van der Waals surface area (Å²) in [5, 5.41) is 0.511. The zero-order chi connectivity index (χ0) is 8.27. The molecule has 0 radical (unpaired) electrons. The standard InChI is InChI=1S/C8H9Cl2N/c1-2-6-3-7(4-9)8(10)11-5-6/h3,5H,2,4H2,1H3. The van der Waals surface area contributed by atoms with Gasteiger partial charge in [0.05, 0.1) is 5.88 Å². The fourth-order valence-corrected chi connectivity index (χ4v) is 1.27. The van der Waals surface area contributed by atoms with Crippen LogP contribution in [0.2, 0.25) is 5.15 Å². The van der Waals surface area contributed by atoms with Gasteiger partial charge in [0.1, 0.15) is 5.15 Å². The Morgan fingerprint density at radius 3 is 2.82 bits per heavy atom. The number of nitrogens with zero attached hydrogens (tertiary/aromatic N) is 1. The zero-order valence-electron chi connectivity index (χ0n) is 6.27. The molecule has 0 saturated heterocycles. The highest BCUT2D eigenvalue weighted by molar-refractivity contribution is 6.31. The van der Waals surface area contributed by atoms with Gasteiger partial charge in [-0.2, -0.15) is 0 Å². The van der Waals surface area contributed by atoms with Gasteiger partial charge in [0, 0.05) is 11.8 Å². The first-order valence-corrected chi connectivity index (χ1v) is 4.38. The Morgan fingerprint density at radius 1 is 1.55 bits per heavy atom. The summed E-state index contributed by atoms with van der Waals surface area (Å²) in [6.45, 7) is 2.07. The minimum atomic E-state index is 0.430. The first-order valence-electron chi connectivity index (χ1n) is 3.47. The van der Waals surface area contributed by atoms with E-state index < -0.39 is 0 Å². The molecule has 1 heterocycles. The van der Waals surface area contributed by atoms with Crippen LogP contribution < -0.4 is 0 Å². The third kappa shape index (κ3) is 2.08. The summed E-state index contributed by atoms with van der Waals surface area (Å²) >= 11 is 11.4. The van der Waals surface area contributed by atoms with Crippen molar-refractivity contribution in [1.29, 1.82) is 0 Å². The highest BCUT2D eigenvalue weighted by atomic mass is 35.5. The van der Waals surface area contributed by atoms with Gasteiger partial charge in [0.2, 0.25) is 0 Å². The van der Waals surface area contributed by atoms with Crippen LogP contribution in [0.5, 0.6) is 0 Å². The Labute approximate surface area is 76.4 Å². The van der Waals surface area contributed by atoms with Gasteiger partial charge in [-0.15, -0.1) is 11.6 Å². The lowest BCUT2D eigenvalue weighted by atomic mass is 10.2. The Balaban J connectivity index is 3.02. The van der Waals surface area contributed by atoms with E-state index in [0.29, 0.717) is 11.0 Å². The van der Waals surface area contributed by atoms with E-state index in [9.17, 15) is 0 Å². The summed E-state index contributed by atoms with van der Waals surface area (Å²) in [5.74, 6) is 0.430. The molecule has 1 nitrogen and oxygen atoms in total. The molecule has 0 aliphatic carbocycles. The summed E-state index contributed by atoms with van der Waals surface area (Å²) < 4.78 is 0. The van der Waals surface area contributed by atoms with Crippen molar-refractivity contribution < 1.29 is 0 Å². The molecule has 0 fully saturated rings. The summed E-state index contributed by atoms with van der Waals surface area (Å²) in [4.78, 5) is 4.00. The van der Waals surface area contributed by atoms with Crippen LogP contribution in [-0.2, 0) is 12.3 Å². The van der Waals surface area contributed by atoms with Crippen LogP contribution in [-0.4, -0.2) is 4.98 Å². The van der Waals surface area contributed by atoms with Gasteiger partial charge >= 0.3 is 0 Å². The van der Waals surface area contributed by atoms with E-state index in [2.05, 4.69) is 11.9 Å². The first-order chi connectivity index (χ1) is 5.27. The van der Waals surface area contributed by atoms with E-state index in [-0.39, 0.29) is 0 Å². The maximum atomic E-state index is 5.76. The molecule has 1 aromatic heterocycles. The summed E-state index contributed by atoms with van der Waals surface area (Å²) in [6.07, 6.45) is 2.74. The van der Waals surface area contributed by atoms with E-state index in [4.69, 9.17) is 23.2 Å². The van der Waals surface area contributed by atoms with E-state index >= 15 is 0 Å². The monoisotopic (exact) mass is 189 g/mol. The number of halogens is 2. The molecule has 0 aliphatic rings. The second-order valence-corrected chi connectivity index (χ2v) is 2.91. The minimum Gasteiger partial charge on any atom is -0.244 e. The van der Waals surface area contributed by atoms with E-state index in [0.717, 1.165) is 12.0 Å². The molecule has 0 N–H and O–H groups in total. The van der Waals surface area contributed by atoms with Gasteiger partial charge in [-0.3, -0.25) is 0 Å². The molecule has 60 valence electrons. The lowest BCUT2D eigenvalue weighted by Crippen LogP contribution is -1.88. The number of alkyl halides is 1. The molecule has 0 saturated carbocycles. The Morgan fingerprint density at radius 2 is 2.27 bits per heavy atom. The number of aromatic nitrogens is 1. The highest BCUT2D eigenvalue weighted by Gasteiger charge is 2.00. The molecule has 0 aromatic carbocycles. The smallest absolute Gasteiger partial charge is 0.133 e. The molecule has 0 unspecified atom stereocenters. The molecule has 0 atom stereocenters. The summed E-state index contributed by atoms with van der Waals surface area (Å²) in [6, 6.07) is 1.99. The Hall–Kier alpha value is -0.270. The number of hydrogen-bond donors (Lipinski definition) is 0. The fourth-order valence-electron chi connectivity index (χ4n) is 0.830. The van der Waals surface area contributed by atoms with Crippen molar-refractivity contribution in [3.8, 4) is 0 Å². The van der Waals surface area contributed by atoms with Crippen LogP contribution in [0.15, 0.2) is 12.3 Å². The van der Waals surface area contributed by atoms with Crippen molar-refractivity contribution in [2.45, 2.75) is 19.2 Å². The minimum absolute atomic E-state index is 0.430. The van der Waals surface area contributed by atoms with Gasteiger partial charge in [0.25, 0.3) is 0 Å². The quantitative estimate of drug-likeness (QED) is 0.515. The molecule has 0 amide bonds. The van der Waals surface area contributed by atoms with Crippen molar-refractivity contribution >= 4 is 23.2 Å². The molecule has 0 spiro atoms. The van der Waals surface area contributed by atoms with E-state index in [1.807, 2.05) is 6.07 Å². The van der Waals surface area contributed by atoms with Gasteiger partial charge in [0.15, 0.2) is 0 Å². The van der Waals surface area contributed by atoms with Crippen molar-refractivity contribution in [1.82, 2.24) is 4.98 Å². The SMILES string of the molecule is CCc1cnc(Cl)c(CCl)c1. The van der Waals surface area contributed by atoms with Crippen LogP contribution in [0, 0.1) is 0 Å². The molecule has 0 bridgehead atoms. The average molecular weight is 190 g/mol. The van der Waals surface area contributed by atoms with Crippen molar-refractivity contribution in [3.63, 3.8) is 0 Å². The normalized spacial score (nSPS) is 10.1. The summed E-state index contributed by atoms with van der Waals surface area (Å²) in [5.41, 5.74) is 2.08. The van der Waals surface area contributed by atoms with Gasteiger partial charge in [-0.25, -0.2) is 4.98 Å². The van der Waals surface area contributed by atoms with Crippen molar-refractivity contribution in [3.05, 3.63) is 28.5 Å². The highest BCUT2D eigenvalue weighted by Crippen LogP contribution is 2.16. The third-order valence-corrected chi connectivity index (χ3v) is 2.15. The molecule has 0 aliphatic heterocycles. The maximum Gasteiger partial charge on any atom is 0.133 e. The third-order valence-electron chi connectivity index (χ3n) is 1.52. The van der Waals surface area contributed by atoms with Gasteiger partial charge < -0.3 is 0 Å². The van der Waals surface area contributed by atoms with E-state index in [1.165, 1.54) is 5.56 Å². The topological polar surface area (TPSA) is 12.9 Å². The predicted molar refractivity (Wildman–Crippen MR) is 48.2 cm³/mol. The first kappa shape index (κ1) is 8.82. The molecule has 11 heavy (non-hydrogen) atoms. The number of aryl methyl sites for hydroxylation is 1. The lowest BCUT2D eigenvalue weighted by molar-refractivity contribution is 1.08. The van der Waals surface area contributed by atoms with Gasteiger partial charge in [-0.1, -0.05) is 24.6 Å². The average Bonchev–Trinajstić information content (AvgIpc) is 2.05. The Kier molecular flexibility index (Phi) is 3.16. The molecule has 3 heteroatoms. The molecular formula is C8H9Cl2N. The van der Waals surface area contributed by atoms with Crippen LogP contribution in [0.1, 0.15) is 18.1 Å². The van der Waals surface area contributed by atoms with Crippen LogP contribution in [0.3, 0.4) is 0 Å². The van der Waals surface area contributed by atoms with Crippen molar-refractivity contribution in [2.24, 2.45) is 0 Å². The largest absolute Gasteiger partial charge is 0.244 e.